The van der Waals surface area contributed by atoms with Gasteiger partial charge in [0.25, 0.3) is 17.7 Å². The van der Waals surface area contributed by atoms with Gasteiger partial charge in [-0.2, -0.15) is 0 Å². The molecule has 1 aliphatic rings. The van der Waals surface area contributed by atoms with E-state index in [4.69, 9.17) is 11.5 Å². The minimum atomic E-state index is -0.574. The van der Waals surface area contributed by atoms with Crippen molar-refractivity contribution in [3.8, 4) is 0 Å². The summed E-state index contributed by atoms with van der Waals surface area (Å²) < 4.78 is 0. The maximum atomic E-state index is 12.5. The highest BCUT2D eigenvalue weighted by Gasteiger charge is 2.35. The molecule has 3 heterocycles. The molecule has 9 nitrogen and oxygen atoms in total. The molecule has 0 saturated carbocycles. The quantitative estimate of drug-likeness (QED) is 0.480. The fraction of sp³-hybridized carbons (Fsp3) is 0.333. The van der Waals surface area contributed by atoms with Crippen molar-refractivity contribution < 1.29 is 19.2 Å². The fourth-order valence-electron chi connectivity index (χ4n) is 3.99. The molecule has 0 fully saturated rings. The molecule has 0 unspecified atom stereocenters. The Hall–Kier alpha value is -4.40. The van der Waals surface area contributed by atoms with Gasteiger partial charge in [-0.05, 0) is 42.3 Å². The fourth-order valence-corrected chi connectivity index (χ4v) is 3.99. The lowest BCUT2D eigenvalue weighted by molar-refractivity contribution is 0.0655. The van der Waals surface area contributed by atoms with Crippen molar-refractivity contribution >= 4 is 23.6 Å². The Bertz CT molecular complexity index is 1380. The number of nitrogens with two attached hydrogens (primary N) is 2. The van der Waals surface area contributed by atoms with Crippen molar-refractivity contribution in [2.75, 3.05) is 6.54 Å². The molecule has 4 rings (SSSR count). The third kappa shape index (κ3) is 6.73. The molecule has 2 aromatic heterocycles. The molecule has 204 valence electrons. The van der Waals surface area contributed by atoms with Crippen LogP contribution in [0, 0.1) is 0 Å². The standard InChI is InChI=1S/C20H21N3O3.C10H14N2O/c1-20(2,3)16-10-12(15(11-22-16)17(21)24)8-9-23-18(25)13-6-4-5-7-14(13)19(23)26;1-10(2,3)8-5-4-7(6-12-8)9(11)13/h4-7,10-11H,8-9H2,1-3H3,(H2,21,24);4-6H,1-3H3,(H2,11,13). The van der Waals surface area contributed by atoms with E-state index in [0.717, 1.165) is 11.4 Å². The van der Waals surface area contributed by atoms with E-state index in [2.05, 4.69) is 30.7 Å². The average molecular weight is 530 g/mol. The minimum Gasteiger partial charge on any atom is -0.366 e. The Labute approximate surface area is 228 Å². The second-order valence-electron chi connectivity index (χ2n) is 11.4. The number of fused-ring (bicyclic) bond motifs is 1. The number of primary amides is 2. The maximum Gasteiger partial charge on any atom is 0.261 e. The van der Waals surface area contributed by atoms with Crippen LogP contribution in [0.25, 0.3) is 0 Å². The zero-order valence-electron chi connectivity index (χ0n) is 23.2. The Balaban J connectivity index is 0.000000272. The average Bonchev–Trinajstić information content (AvgIpc) is 3.11. The lowest BCUT2D eigenvalue weighted by Gasteiger charge is -2.20. The molecular formula is C30H35N5O4. The summed E-state index contributed by atoms with van der Waals surface area (Å²) in [5.74, 6) is -1.63. The number of aromatic nitrogens is 2. The number of imide groups is 1. The molecule has 9 heteroatoms. The normalized spacial score (nSPS) is 13.0. The third-order valence-electron chi connectivity index (χ3n) is 6.32. The molecule has 1 aliphatic heterocycles. The summed E-state index contributed by atoms with van der Waals surface area (Å²) in [5, 5.41) is 0. The summed E-state index contributed by atoms with van der Waals surface area (Å²) in [4.78, 5) is 57.1. The van der Waals surface area contributed by atoms with Crippen LogP contribution in [-0.2, 0) is 17.3 Å². The van der Waals surface area contributed by atoms with Gasteiger partial charge in [0.2, 0.25) is 5.91 Å². The lowest BCUT2D eigenvalue weighted by Crippen LogP contribution is -2.32. The zero-order chi connectivity index (χ0) is 29.1. The number of rotatable bonds is 5. The third-order valence-corrected chi connectivity index (χ3v) is 6.32. The first-order valence-corrected chi connectivity index (χ1v) is 12.6. The van der Waals surface area contributed by atoms with Crippen LogP contribution >= 0.6 is 0 Å². The smallest absolute Gasteiger partial charge is 0.261 e. The monoisotopic (exact) mass is 529 g/mol. The minimum absolute atomic E-state index is 0.0101. The largest absolute Gasteiger partial charge is 0.366 e. The van der Waals surface area contributed by atoms with Crippen molar-refractivity contribution in [3.05, 3.63) is 94.1 Å². The SMILES string of the molecule is CC(C)(C)c1cc(CCN2C(=O)c3ccccc3C2=O)c(C(N)=O)cn1.CC(C)(C)c1ccc(C(N)=O)cn1. The van der Waals surface area contributed by atoms with Crippen molar-refractivity contribution in [1.82, 2.24) is 14.9 Å². The topological polar surface area (TPSA) is 149 Å². The summed E-state index contributed by atoms with van der Waals surface area (Å²) in [6.07, 6.45) is 3.33. The molecule has 0 spiro atoms. The number of nitrogens with zero attached hydrogens (tertiary/aromatic N) is 3. The first kappa shape index (κ1) is 29.2. The number of carbonyl (C=O) groups is 4. The van der Waals surface area contributed by atoms with Crippen molar-refractivity contribution in [1.29, 1.82) is 0 Å². The number of pyridine rings is 2. The molecule has 0 saturated heterocycles. The molecule has 0 radical (unpaired) electrons. The van der Waals surface area contributed by atoms with Crippen LogP contribution in [0.4, 0.5) is 0 Å². The highest BCUT2D eigenvalue weighted by atomic mass is 16.2. The van der Waals surface area contributed by atoms with E-state index >= 15 is 0 Å². The van der Waals surface area contributed by atoms with E-state index in [0.29, 0.717) is 34.2 Å². The predicted molar refractivity (Wildman–Crippen MR) is 148 cm³/mol. The van der Waals surface area contributed by atoms with Gasteiger partial charge in [0.15, 0.2) is 0 Å². The van der Waals surface area contributed by atoms with Gasteiger partial charge in [-0.25, -0.2) is 0 Å². The highest BCUT2D eigenvalue weighted by Crippen LogP contribution is 2.25. The van der Waals surface area contributed by atoms with E-state index in [1.807, 2.05) is 32.9 Å². The second-order valence-corrected chi connectivity index (χ2v) is 11.4. The van der Waals surface area contributed by atoms with Gasteiger partial charge < -0.3 is 11.5 Å². The van der Waals surface area contributed by atoms with Crippen LogP contribution in [0.5, 0.6) is 0 Å². The first-order valence-electron chi connectivity index (χ1n) is 12.6. The second kappa shape index (κ2) is 11.1. The van der Waals surface area contributed by atoms with E-state index in [1.54, 1.807) is 30.3 Å². The number of benzene rings is 1. The van der Waals surface area contributed by atoms with Gasteiger partial charge in [-0.3, -0.25) is 34.0 Å². The Kier molecular flexibility index (Phi) is 8.33. The number of carbonyl (C=O) groups excluding carboxylic acids is 4. The first-order chi connectivity index (χ1) is 18.1. The van der Waals surface area contributed by atoms with Crippen molar-refractivity contribution in [3.63, 3.8) is 0 Å². The molecule has 3 aromatic rings. The molecule has 1 aromatic carbocycles. The van der Waals surface area contributed by atoms with E-state index < -0.39 is 11.8 Å². The van der Waals surface area contributed by atoms with Crippen LogP contribution in [0.2, 0.25) is 0 Å². The summed E-state index contributed by atoms with van der Waals surface area (Å²) in [5.41, 5.74) is 14.4. The molecule has 0 bridgehead atoms. The van der Waals surface area contributed by atoms with Crippen LogP contribution < -0.4 is 11.5 Å². The predicted octanol–water partition coefficient (Wildman–Crippen LogP) is 3.79. The molecular weight excluding hydrogens is 494 g/mol. The van der Waals surface area contributed by atoms with Crippen LogP contribution in [0.15, 0.2) is 54.9 Å². The summed E-state index contributed by atoms with van der Waals surface area (Å²) in [6, 6.07) is 12.1. The highest BCUT2D eigenvalue weighted by molar-refractivity contribution is 6.21. The number of hydrogen-bond donors (Lipinski definition) is 2. The maximum absolute atomic E-state index is 12.5. The Morgan fingerprint density at radius 2 is 1.31 bits per heavy atom. The molecule has 0 atom stereocenters. The van der Waals surface area contributed by atoms with E-state index in [9.17, 15) is 19.2 Å². The summed E-state index contributed by atoms with van der Waals surface area (Å²) in [7, 11) is 0. The van der Waals surface area contributed by atoms with E-state index in [-0.39, 0.29) is 29.2 Å². The van der Waals surface area contributed by atoms with Gasteiger partial charge >= 0.3 is 0 Å². The van der Waals surface area contributed by atoms with E-state index in [1.165, 1.54) is 17.3 Å². The van der Waals surface area contributed by atoms with Crippen molar-refractivity contribution in [2.24, 2.45) is 11.5 Å². The van der Waals surface area contributed by atoms with Gasteiger partial charge in [0.1, 0.15) is 0 Å². The summed E-state index contributed by atoms with van der Waals surface area (Å²) in [6.45, 7) is 12.5. The van der Waals surface area contributed by atoms with Crippen molar-refractivity contribution in [2.45, 2.75) is 58.8 Å². The lowest BCUT2D eigenvalue weighted by atomic mass is 9.89. The number of amides is 4. The van der Waals surface area contributed by atoms with Gasteiger partial charge in [0, 0.05) is 41.2 Å². The van der Waals surface area contributed by atoms with Crippen LogP contribution in [0.3, 0.4) is 0 Å². The molecule has 0 aliphatic carbocycles. The van der Waals surface area contributed by atoms with Gasteiger partial charge in [-0.1, -0.05) is 53.7 Å². The Morgan fingerprint density at radius 1 is 0.769 bits per heavy atom. The molecule has 4 N–H and O–H groups in total. The Morgan fingerprint density at radius 3 is 1.74 bits per heavy atom. The molecule has 4 amide bonds. The summed E-state index contributed by atoms with van der Waals surface area (Å²) >= 11 is 0. The zero-order valence-corrected chi connectivity index (χ0v) is 23.2. The van der Waals surface area contributed by atoms with Gasteiger partial charge in [0.05, 0.1) is 22.3 Å². The number of hydrogen-bond acceptors (Lipinski definition) is 6. The van der Waals surface area contributed by atoms with Crippen LogP contribution in [-0.4, -0.2) is 45.0 Å². The van der Waals surface area contributed by atoms with Crippen LogP contribution in [0.1, 0.15) is 99.9 Å². The van der Waals surface area contributed by atoms with Gasteiger partial charge in [-0.15, -0.1) is 0 Å². The molecule has 39 heavy (non-hydrogen) atoms.